The molecule has 0 bridgehead atoms. The second-order valence-electron chi connectivity index (χ2n) is 8.21. The van der Waals surface area contributed by atoms with E-state index in [0.29, 0.717) is 17.0 Å². The molecule has 0 saturated carbocycles. The van der Waals surface area contributed by atoms with Crippen molar-refractivity contribution in [3.05, 3.63) is 99.0 Å². The van der Waals surface area contributed by atoms with Gasteiger partial charge in [-0.25, -0.2) is 9.80 Å². The highest BCUT2D eigenvalue weighted by molar-refractivity contribution is 9.10. The molecule has 0 spiro atoms. The Bertz CT molecular complexity index is 1250. The van der Waals surface area contributed by atoms with Gasteiger partial charge in [-0.15, -0.1) is 0 Å². The number of hydrogen-bond donors (Lipinski definition) is 0. The molecule has 2 amide bonds. The number of carbonyl (C=O) groups is 1. The van der Waals surface area contributed by atoms with Gasteiger partial charge in [0.25, 0.3) is 0 Å². The fourth-order valence-electron chi connectivity index (χ4n) is 4.00. The van der Waals surface area contributed by atoms with Gasteiger partial charge in [-0.05, 0) is 48.9 Å². The van der Waals surface area contributed by atoms with Gasteiger partial charge in [0.1, 0.15) is 0 Å². The third-order valence-electron chi connectivity index (χ3n) is 5.89. The minimum Gasteiger partial charge on any atom is -0.296 e. The lowest BCUT2D eigenvalue weighted by Gasteiger charge is -2.28. The van der Waals surface area contributed by atoms with E-state index in [0.717, 1.165) is 16.1 Å². The highest BCUT2D eigenvalue weighted by Gasteiger charge is 2.44. The van der Waals surface area contributed by atoms with Crippen molar-refractivity contribution in [1.82, 2.24) is 5.01 Å². The number of anilines is 1. The molecule has 4 nitrogen and oxygen atoms in total. The lowest BCUT2D eigenvalue weighted by atomic mass is 9.76. The lowest BCUT2D eigenvalue weighted by molar-refractivity contribution is -0.137. The Hall–Kier alpha value is -2.84. The van der Waals surface area contributed by atoms with Crippen molar-refractivity contribution in [2.24, 2.45) is 5.10 Å². The molecule has 4 rings (SSSR count). The first-order valence-electron chi connectivity index (χ1n) is 10.3. The van der Waals surface area contributed by atoms with Gasteiger partial charge < -0.3 is 0 Å². The molecule has 1 heterocycles. The van der Waals surface area contributed by atoms with Crippen LogP contribution in [-0.4, -0.2) is 30.3 Å². The largest absolute Gasteiger partial charge is 0.417 e. The summed E-state index contributed by atoms with van der Waals surface area (Å²) in [6.45, 7) is 2.13. The van der Waals surface area contributed by atoms with E-state index in [1.54, 1.807) is 19.2 Å². The zero-order valence-corrected chi connectivity index (χ0v) is 20.6. The molecule has 34 heavy (non-hydrogen) atoms. The van der Waals surface area contributed by atoms with Gasteiger partial charge in [0, 0.05) is 22.8 Å². The van der Waals surface area contributed by atoms with Crippen molar-refractivity contribution in [3.63, 3.8) is 0 Å². The van der Waals surface area contributed by atoms with Crippen LogP contribution in [0, 0.1) is 0 Å². The summed E-state index contributed by atoms with van der Waals surface area (Å²) in [7, 11) is 1.65. The minimum absolute atomic E-state index is 0.213. The van der Waals surface area contributed by atoms with E-state index < -0.39 is 22.2 Å². The Morgan fingerprint density at radius 3 is 2.32 bits per heavy atom. The quantitative estimate of drug-likeness (QED) is 0.336. The number of hydrazone groups is 1. The van der Waals surface area contributed by atoms with Gasteiger partial charge in [0.15, 0.2) is 0 Å². The lowest BCUT2D eigenvalue weighted by Crippen LogP contribution is -2.42. The van der Waals surface area contributed by atoms with Crippen LogP contribution < -0.4 is 4.90 Å². The van der Waals surface area contributed by atoms with Crippen molar-refractivity contribution in [2.75, 3.05) is 18.5 Å². The van der Waals surface area contributed by atoms with Crippen molar-refractivity contribution < 1.29 is 18.0 Å². The topological polar surface area (TPSA) is 35.9 Å². The molecule has 9 heteroatoms. The summed E-state index contributed by atoms with van der Waals surface area (Å²) < 4.78 is 40.6. The van der Waals surface area contributed by atoms with Gasteiger partial charge >= 0.3 is 12.2 Å². The van der Waals surface area contributed by atoms with Crippen molar-refractivity contribution in [3.8, 4) is 0 Å². The number of hydrogen-bond acceptors (Lipinski definition) is 2. The smallest absolute Gasteiger partial charge is 0.296 e. The van der Waals surface area contributed by atoms with Gasteiger partial charge in [-0.3, -0.25) is 4.90 Å². The normalized spacial score (nSPS) is 18.1. The third kappa shape index (κ3) is 4.57. The Morgan fingerprint density at radius 1 is 1.09 bits per heavy atom. The predicted octanol–water partition coefficient (Wildman–Crippen LogP) is 7.36. The van der Waals surface area contributed by atoms with Crippen LogP contribution in [0.1, 0.15) is 23.6 Å². The fourth-order valence-corrected chi connectivity index (χ4v) is 4.55. The number of benzene rings is 3. The van der Waals surface area contributed by atoms with Gasteiger partial charge in [0.2, 0.25) is 0 Å². The highest BCUT2D eigenvalue weighted by Crippen LogP contribution is 2.39. The fraction of sp³-hybridized carbons (Fsp3) is 0.200. The zero-order valence-electron chi connectivity index (χ0n) is 18.3. The van der Waals surface area contributed by atoms with Gasteiger partial charge in [0.05, 0.1) is 28.3 Å². The third-order valence-corrected chi connectivity index (χ3v) is 6.73. The Kier molecular flexibility index (Phi) is 6.48. The van der Waals surface area contributed by atoms with Gasteiger partial charge in [-0.1, -0.05) is 63.9 Å². The van der Waals surface area contributed by atoms with Crippen LogP contribution >= 0.6 is 27.5 Å². The Balaban J connectivity index is 1.76. The van der Waals surface area contributed by atoms with E-state index >= 15 is 0 Å². The first-order valence-corrected chi connectivity index (χ1v) is 11.5. The van der Waals surface area contributed by atoms with Crippen LogP contribution in [0.25, 0.3) is 0 Å². The second kappa shape index (κ2) is 9.07. The van der Waals surface area contributed by atoms with Crippen LogP contribution in [0.4, 0.5) is 23.7 Å². The van der Waals surface area contributed by atoms with E-state index in [2.05, 4.69) is 21.0 Å². The van der Waals surface area contributed by atoms with Gasteiger partial charge in [-0.2, -0.15) is 18.3 Å². The number of rotatable bonds is 3. The molecule has 0 fully saturated rings. The van der Waals surface area contributed by atoms with E-state index in [1.165, 1.54) is 22.0 Å². The first kappa shape index (κ1) is 24.3. The second-order valence-corrected chi connectivity index (χ2v) is 9.54. The van der Waals surface area contributed by atoms with Crippen LogP contribution in [0.15, 0.2) is 82.4 Å². The molecule has 0 saturated heterocycles. The summed E-state index contributed by atoms with van der Waals surface area (Å²) >= 11 is 9.38. The molecular formula is C25H20BrClF3N3O. The average molecular weight is 551 g/mol. The van der Waals surface area contributed by atoms with Crippen LogP contribution in [-0.2, 0) is 11.6 Å². The van der Waals surface area contributed by atoms with E-state index in [4.69, 9.17) is 11.6 Å². The summed E-state index contributed by atoms with van der Waals surface area (Å²) in [5, 5.41) is 5.52. The SMILES string of the molecule is CN(C(=O)N1CC(C)(c2ccccc2)C(c2ccc(C(F)(F)F)c(Cl)c2)=N1)c1ccc(Br)cc1. The summed E-state index contributed by atoms with van der Waals surface area (Å²) in [4.78, 5) is 14.8. The standard InChI is InChI=1S/C25H20BrClF3N3O/c1-24(17-6-4-3-5-7-17)15-33(23(34)32(2)19-11-9-18(26)10-12-19)31-22(24)16-8-13-20(21(27)14-16)25(28,29)30/h3-14H,15H2,1-2H3. The number of carbonyl (C=O) groups excluding carboxylic acids is 1. The first-order chi connectivity index (χ1) is 16.0. The molecule has 1 aliphatic rings. The van der Waals surface area contributed by atoms with Crippen LogP contribution in [0.3, 0.4) is 0 Å². The molecule has 0 aliphatic carbocycles. The number of nitrogens with zero attached hydrogens (tertiary/aromatic N) is 3. The number of urea groups is 1. The molecular weight excluding hydrogens is 531 g/mol. The monoisotopic (exact) mass is 549 g/mol. The molecule has 3 aromatic carbocycles. The van der Waals surface area contributed by atoms with Crippen LogP contribution in [0.2, 0.25) is 5.02 Å². The van der Waals surface area contributed by atoms with Crippen molar-refractivity contribution in [1.29, 1.82) is 0 Å². The predicted molar refractivity (Wildman–Crippen MR) is 131 cm³/mol. The van der Waals surface area contributed by atoms with Crippen molar-refractivity contribution >= 4 is 45.0 Å². The van der Waals surface area contributed by atoms with Crippen molar-refractivity contribution in [2.45, 2.75) is 18.5 Å². The summed E-state index contributed by atoms with van der Waals surface area (Å²) in [6.07, 6.45) is -4.56. The maximum absolute atomic E-state index is 13.3. The Morgan fingerprint density at radius 2 is 1.74 bits per heavy atom. The summed E-state index contributed by atoms with van der Waals surface area (Å²) in [6, 6.07) is 19.9. The number of amides is 2. The summed E-state index contributed by atoms with van der Waals surface area (Å²) in [5.74, 6) is 0. The van der Waals surface area contributed by atoms with E-state index in [1.807, 2.05) is 49.4 Å². The molecule has 0 radical (unpaired) electrons. The highest BCUT2D eigenvalue weighted by atomic mass is 79.9. The maximum atomic E-state index is 13.3. The molecule has 1 unspecified atom stereocenters. The molecule has 176 valence electrons. The minimum atomic E-state index is -4.56. The molecule has 1 atom stereocenters. The number of alkyl halides is 3. The Labute approximate surface area is 208 Å². The molecule has 0 aromatic heterocycles. The zero-order chi connectivity index (χ0) is 24.7. The molecule has 0 N–H and O–H groups in total. The van der Waals surface area contributed by atoms with Crippen LogP contribution in [0.5, 0.6) is 0 Å². The molecule has 3 aromatic rings. The van der Waals surface area contributed by atoms with E-state index in [-0.39, 0.29) is 12.6 Å². The molecule has 1 aliphatic heterocycles. The average Bonchev–Trinajstić information content (AvgIpc) is 3.17. The maximum Gasteiger partial charge on any atom is 0.417 e. The summed E-state index contributed by atoms with van der Waals surface area (Å²) in [5.41, 5.74) is 0.765. The number of halogens is 5. The van der Waals surface area contributed by atoms with E-state index in [9.17, 15) is 18.0 Å².